The van der Waals surface area contributed by atoms with Crippen LogP contribution in [-0.4, -0.2) is 76.1 Å². The van der Waals surface area contributed by atoms with Crippen molar-refractivity contribution in [2.45, 2.75) is 110 Å². The van der Waals surface area contributed by atoms with Crippen molar-refractivity contribution in [1.29, 1.82) is 0 Å². The van der Waals surface area contributed by atoms with Crippen LogP contribution in [0.3, 0.4) is 0 Å². The Morgan fingerprint density at radius 3 is 1.42 bits per heavy atom. The predicted molar refractivity (Wildman–Crippen MR) is 164 cm³/mol. The highest BCUT2D eigenvalue weighted by Crippen LogP contribution is 2.12. The van der Waals surface area contributed by atoms with Gasteiger partial charge < -0.3 is 37.2 Å². The van der Waals surface area contributed by atoms with Gasteiger partial charge in [-0.1, -0.05) is 71.9 Å². The van der Waals surface area contributed by atoms with Crippen LogP contribution < -0.4 is 27.0 Å². The molecule has 0 aromatic heterocycles. The molecule has 1 aromatic rings. The van der Waals surface area contributed by atoms with Gasteiger partial charge in [0.15, 0.2) is 0 Å². The van der Waals surface area contributed by atoms with Gasteiger partial charge in [-0.15, -0.1) is 0 Å². The van der Waals surface area contributed by atoms with Gasteiger partial charge in [-0.3, -0.25) is 19.2 Å². The highest BCUT2D eigenvalue weighted by molar-refractivity contribution is 5.95. The Bertz CT molecular complexity index is 1060. The van der Waals surface area contributed by atoms with Crippen LogP contribution in [0, 0.1) is 17.8 Å². The van der Waals surface area contributed by atoms with Crippen LogP contribution in [0.15, 0.2) is 30.3 Å². The molecule has 1 rings (SSSR count). The number of amides is 4. The first kappa shape index (κ1) is 37.5. The summed E-state index contributed by atoms with van der Waals surface area (Å²) < 4.78 is 0. The van der Waals surface area contributed by atoms with Crippen molar-refractivity contribution in [3.05, 3.63) is 35.9 Å². The SMILES string of the molecule is CC(C)C[C@H](NC(=O)[C@H](CC(C)C)NC(=O)[C@H](Cc1ccccc1)NC(=O)[C@H](CC(C)C)NC(=O)[C@@H](N)[C@@H](C)O)C(=O)O. The fourth-order valence-electron chi connectivity index (χ4n) is 4.46. The average molecular weight is 606 g/mol. The van der Waals surface area contributed by atoms with Gasteiger partial charge >= 0.3 is 5.97 Å². The van der Waals surface area contributed by atoms with Crippen molar-refractivity contribution in [1.82, 2.24) is 21.3 Å². The summed E-state index contributed by atoms with van der Waals surface area (Å²) in [6.07, 6.45) is -0.341. The van der Waals surface area contributed by atoms with Crippen LogP contribution in [0.1, 0.15) is 73.3 Å². The zero-order chi connectivity index (χ0) is 32.9. The largest absolute Gasteiger partial charge is 0.480 e. The Hall–Kier alpha value is -3.51. The second-order valence-electron chi connectivity index (χ2n) is 12.4. The zero-order valence-corrected chi connectivity index (χ0v) is 26.4. The van der Waals surface area contributed by atoms with E-state index < -0.39 is 65.9 Å². The molecule has 0 bridgehead atoms. The van der Waals surface area contributed by atoms with Gasteiger partial charge in [0.1, 0.15) is 30.2 Å². The number of aliphatic hydroxyl groups excluding tert-OH is 1. The second-order valence-corrected chi connectivity index (χ2v) is 12.4. The van der Waals surface area contributed by atoms with E-state index in [1.54, 1.807) is 24.3 Å². The molecule has 0 aliphatic rings. The molecule has 8 N–H and O–H groups in total. The Morgan fingerprint density at radius 2 is 1.00 bits per heavy atom. The lowest BCUT2D eigenvalue weighted by atomic mass is 9.98. The first-order valence-corrected chi connectivity index (χ1v) is 14.9. The quantitative estimate of drug-likeness (QED) is 0.129. The molecular weight excluding hydrogens is 554 g/mol. The summed E-state index contributed by atoms with van der Waals surface area (Å²) in [6.45, 7) is 12.5. The molecule has 1 aromatic carbocycles. The summed E-state index contributed by atoms with van der Waals surface area (Å²) in [4.78, 5) is 64.7. The van der Waals surface area contributed by atoms with Crippen molar-refractivity contribution < 1.29 is 34.2 Å². The van der Waals surface area contributed by atoms with Gasteiger partial charge in [-0.25, -0.2) is 4.79 Å². The number of carbonyl (C=O) groups excluding carboxylic acids is 4. The van der Waals surface area contributed by atoms with Crippen molar-refractivity contribution in [2.24, 2.45) is 23.5 Å². The van der Waals surface area contributed by atoms with Crippen molar-refractivity contribution in [3.63, 3.8) is 0 Å². The van der Waals surface area contributed by atoms with Crippen LogP contribution >= 0.6 is 0 Å². The lowest BCUT2D eigenvalue weighted by Gasteiger charge is -2.28. The topological polar surface area (TPSA) is 200 Å². The molecule has 0 fully saturated rings. The number of benzene rings is 1. The average Bonchev–Trinajstić information content (AvgIpc) is 2.90. The minimum Gasteiger partial charge on any atom is -0.480 e. The van der Waals surface area contributed by atoms with Crippen molar-refractivity contribution in [2.75, 3.05) is 0 Å². The Kier molecular flexibility index (Phi) is 15.9. The molecule has 12 nitrogen and oxygen atoms in total. The van der Waals surface area contributed by atoms with Crippen LogP contribution in [0.25, 0.3) is 0 Å². The molecular formula is C31H51N5O7. The van der Waals surface area contributed by atoms with Gasteiger partial charge in [-0.2, -0.15) is 0 Å². The Labute approximate surface area is 254 Å². The molecule has 43 heavy (non-hydrogen) atoms. The van der Waals surface area contributed by atoms with Crippen molar-refractivity contribution >= 4 is 29.6 Å². The highest BCUT2D eigenvalue weighted by Gasteiger charge is 2.33. The first-order valence-electron chi connectivity index (χ1n) is 14.9. The monoisotopic (exact) mass is 605 g/mol. The number of hydrogen-bond acceptors (Lipinski definition) is 7. The minimum atomic E-state index is -1.24. The van der Waals surface area contributed by atoms with E-state index in [1.165, 1.54) is 6.92 Å². The fraction of sp³-hybridized carbons (Fsp3) is 0.645. The normalized spacial score (nSPS) is 15.6. The summed E-state index contributed by atoms with van der Waals surface area (Å²) in [6, 6.07) is 3.42. The summed E-state index contributed by atoms with van der Waals surface area (Å²) in [5, 5.41) is 29.9. The number of carboxylic acid groups (broad SMARTS) is 1. The molecule has 4 amide bonds. The number of carboxylic acids is 1. The molecule has 0 saturated heterocycles. The lowest BCUT2D eigenvalue weighted by Crippen LogP contribution is -2.59. The summed E-state index contributed by atoms with van der Waals surface area (Å²) in [7, 11) is 0. The molecule has 0 saturated carbocycles. The van der Waals surface area contributed by atoms with E-state index in [9.17, 15) is 34.2 Å². The van der Waals surface area contributed by atoms with E-state index in [-0.39, 0.29) is 43.4 Å². The Morgan fingerprint density at radius 1 is 0.628 bits per heavy atom. The van der Waals surface area contributed by atoms with Gasteiger partial charge in [0.25, 0.3) is 0 Å². The number of rotatable bonds is 18. The van der Waals surface area contributed by atoms with Crippen molar-refractivity contribution in [3.8, 4) is 0 Å². The van der Waals surface area contributed by atoms with E-state index in [0.717, 1.165) is 5.56 Å². The summed E-state index contributed by atoms with van der Waals surface area (Å²) >= 11 is 0. The third-order valence-corrected chi connectivity index (χ3v) is 6.74. The molecule has 0 aliphatic carbocycles. The van der Waals surface area contributed by atoms with Crippen LogP contribution in [0.2, 0.25) is 0 Å². The minimum absolute atomic E-state index is 0.00707. The number of carbonyl (C=O) groups is 5. The third kappa shape index (κ3) is 14.0. The number of hydrogen-bond donors (Lipinski definition) is 7. The summed E-state index contributed by atoms with van der Waals surface area (Å²) in [5.74, 6) is -3.77. The molecule has 12 heteroatoms. The maximum Gasteiger partial charge on any atom is 0.326 e. The van der Waals surface area contributed by atoms with Gasteiger partial charge in [-0.05, 0) is 49.5 Å². The van der Waals surface area contributed by atoms with Crippen LogP contribution in [-0.2, 0) is 30.4 Å². The molecule has 0 unspecified atom stereocenters. The first-order chi connectivity index (χ1) is 20.0. The smallest absolute Gasteiger partial charge is 0.326 e. The summed E-state index contributed by atoms with van der Waals surface area (Å²) in [5.41, 5.74) is 6.51. The van der Waals surface area contributed by atoms with E-state index in [0.29, 0.717) is 0 Å². The van der Waals surface area contributed by atoms with Crippen LogP contribution in [0.5, 0.6) is 0 Å². The molecule has 242 valence electrons. The molecule has 0 aliphatic heterocycles. The molecule has 0 radical (unpaired) electrons. The zero-order valence-electron chi connectivity index (χ0n) is 26.4. The van der Waals surface area contributed by atoms with E-state index in [1.807, 2.05) is 47.6 Å². The third-order valence-electron chi connectivity index (χ3n) is 6.74. The lowest BCUT2D eigenvalue weighted by molar-refractivity contribution is -0.143. The second kappa shape index (κ2) is 18.2. The standard InChI is InChI=1S/C31H51N5O7/c1-17(2)13-22(28(39)36-25(31(42)43)15-19(5)6)33-29(40)24(16-21-11-9-8-10-12-21)34-27(38)23(14-18(3)4)35-30(41)26(32)20(7)37/h8-12,17-20,22-26,37H,13-16,32H2,1-7H3,(H,33,40)(H,34,38)(H,35,41)(H,36,39)(H,42,43)/t20-,22+,23+,24+,25+,26+/m1/s1. The van der Waals surface area contributed by atoms with E-state index in [4.69, 9.17) is 5.73 Å². The number of nitrogens with one attached hydrogen (secondary N) is 4. The maximum atomic E-state index is 13.7. The predicted octanol–water partition coefficient (Wildman–Crippen LogP) is 1.10. The number of aliphatic hydroxyl groups is 1. The highest BCUT2D eigenvalue weighted by atomic mass is 16.4. The molecule has 0 spiro atoms. The van der Waals surface area contributed by atoms with Gasteiger partial charge in [0.2, 0.25) is 23.6 Å². The van der Waals surface area contributed by atoms with Crippen LogP contribution in [0.4, 0.5) is 0 Å². The molecule has 0 heterocycles. The fourth-order valence-corrected chi connectivity index (χ4v) is 4.46. The maximum absolute atomic E-state index is 13.7. The van der Waals surface area contributed by atoms with Gasteiger partial charge in [0.05, 0.1) is 6.10 Å². The van der Waals surface area contributed by atoms with E-state index >= 15 is 0 Å². The molecule has 6 atom stereocenters. The van der Waals surface area contributed by atoms with Gasteiger partial charge in [0, 0.05) is 6.42 Å². The number of aliphatic carboxylic acids is 1. The van der Waals surface area contributed by atoms with E-state index in [2.05, 4.69) is 21.3 Å². The number of nitrogens with two attached hydrogens (primary N) is 1. The Balaban J connectivity index is 3.28.